The first-order chi connectivity index (χ1) is 9.64. The van der Waals surface area contributed by atoms with Gasteiger partial charge < -0.3 is 10.6 Å². The molecule has 0 saturated carbocycles. The van der Waals surface area contributed by atoms with E-state index in [0.29, 0.717) is 6.54 Å². The van der Waals surface area contributed by atoms with Gasteiger partial charge in [0, 0.05) is 38.3 Å². The highest BCUT2D eigenvalue weighted by Crippen LogP contribution is 2.23. The topological polar surface area (TPSA) is 44.4 Å². The van der Waals surface area contributed by atoms with Gasteiger partial charge >= 0.3 is 0 Å². The SMILES string of the molecule is CC1(CCNC=O)CNCCN1Cc1ccc(F)cc1. The largest absolute Gasteiger partial charge is 0.359 e. The molecule has 1 aliphatic heterocycles. The predicted molar refractivity (Wildman–Crippen MR) is 76.8 cm³/mol. The summed E-state index contributed by atoms with van der Waals surface area (Å²) in [4.78, 5) is 12.8. The van der Waals surface area contributed by atoms with Crippen molar-refractivity contribution in [2.45, 2.75) is 25.4 Å². The lowest BCUT2D eigenvalue weighted by Gasteiger charge is -2.45. The number of hydrogen-bond acceptors (Lipinski definition) is 3. The lowest BCUT2D eigenvalue weighted by Crippen LogP contribution is -2.59. The van der Waals surface area contributed by atoms with E-state index in [-0.39, 0.29) is 11.4 Å². The molecule has 0 spiro atoms. The highest BCUT2D eigenvalue weighted by molar-refractivity contribution is 5.45. The van der Waals surface area contributed by atoms with Gasteiger partial charge in [-0.1, -0.05) is 12.1 Å². The van der Waals surface area contributed by atoms with Gasteiger partial charge in [-0.2, -0.15) is 0 Å². The van der Waals surface area contributed by atoms with Crippen molar-refractivity contribution in [1.29, 1.82) is 0 Å². The molecule has 4 nitrogen and oxygen atoms in total. The first-order valence-corrected chi connectivity index (χ1v) is 7.01. The third kappa shape index (κ3) is 3.77. The van der Waals surface area contributed by atoms with Gasteiger partial charge in [0.1, 0.15) is 5.82 Å². The molecule has 0 bridgehead atoms. The van der Waals surface area contributed by atoms with Crippen molar-refractivity contribution in [2.75, 3.05) is 26.2 Å². The van der Waals surface area contributed by atoms with Crippen LogP contribution in [0, 0.1) is 5.82 Å². The Morgan fingerprint density at radius 3 is 2.90 bits per heavy atom. The zero-order valence-electron chi connectivity index (χ0n) is 11.9. The fourth-order valence-electron chi connectivity index (χ4n) is 2.68. The van der Waals surface area contributed by atoms with Crippen LogP contribution in [0.15, 0.2) is 24.3 Å². The second-order valence-corrected chi connectivity index (χ2v) is 5.54. The number of amides is 1. The van der Waals surface area contributed by atoms with Crippen molar-refractivity contribution < 1.29 is 9.18 Å². The highest BCUT2D eigenvalue weighted by Gasteiger charge is 2.33. The number of carbonyl (C=O) groups excluding carboxylic acids is 1. The van der Waals surface area contributed by atoms with E-state index in [1.807, 2.05) is 12.1 Å². The molecule has 1 aromatic carbocycles. The van der Waals surface area contributed by atoms with Crippen LogP contribution in [0.5, 0.6) is 0 Å². The van der Waals surface area contributed by atoms with Gasteiger partial charge in [0.05, 0.1) is 0 Å². The van der Waals surface area contributed by atoms with Gasteiger partial charge in [-0.05, 0) is 31.0 Å². The van der Waals surface area contributed by atoms with Crippen LogP contribution in [-0.2, 0) is 11.3 Å². The lowest BCUT2D eigenvalue weighted by molar-refractivity contribution is -0.109. The number of halogens is 1. The fourth-order valence-corrected chi connectivity index (χ4v) is 2.68. The third-order valence-electron chi connectivity index (χ3n) is 4.01. The average molecular weight is 279 g/mol. The molecule has 1 fully saturated rings. The van der Waals surface area contributed by atoms with Gasteiger partial charge in [-0.25, -0.2) is 4.39 Å². The first kappa shape index (κ1) is 14.9. The van der Waals surface area contributed by atoms with Gasteiger partial charge in [-0.15, -0.1) is 0 Å². The standard InChI is InChI=1S/C15H22FN3O/c1-15(6-7-18-12-20)11-17-8-9-19(15)10-13-2-4-14(16)5-3-13/h2-5,12,17H,6-11H2,1H3,(H,18,20). The molecular formula is C15H22FN3O. The molecule has 1 atom stereocenters. The molecule has 2 N–H and O–H groups in total. The minimum absolute atomic E-state index is 0.00263. The molecule has 0 aliphatic carbocycles. The lowest BCUT2D eigenvalue weighted by atomic mass is 9.92. The summed E-state index contributed by atoms with van der Waals surface area (Å²) in [7, 11) is 0. The highest BCUT2D eigenvalue weighted by atomic mass is 19.1. The van der Waals surface area contributed by atoms with Gasteiger partial charge in [-0.3, -0.25) is 9.69 Å². The smallest absolute Gasteiger partial charge is 0.207 e. The van der Waals surface area contributed by atoms with Crippen molar-refractivity contribution in [1.82, 2.24) is 15.5 Å². The number of piperazine rings is 1. The molecule has 1 saturated heterocycles. The summed E-state index contributed by atoms with van der Waals surface area (Å²) >= 11 is 0. The quantitative estimate of drug-likeness (QED) is 0.606. The Balaban J connectivity index is 2.02. The Labute approximate surface area is 119 Å². The molecule has 20 heavy (non-hydrogen) atoms. The van der Waals surface area contributed by atoms with E-state index in [4.69, 9.17) is 0 Å². The van der Waals surface area contributed by atoms with Crippen molar-refractivity contribution >= 4 is 6.41 Å². The Bertz CT molecular complexity index is 437. The zero-order chi connectivity index (χ0) is 14.4. The number of nitrogens with one attached hydrogen (secondary N) is 2. The van der Waals surface area contributed by atoms with E-state index in [9.17, 15) is 9.18 Å². The average Bonchev–Trinajstić information content (AvgIpc) is 2.44. The van der Waals surface area contributed by atoms with Crippen LogP contribution in [0.4, 0.5) is 4.39 Å². The molecule has 0 aromatic heterocycles. The third-order valence-corrected chi connectivity index (χ3v) is 4.01. The van der Waals surface area contributed by atoms with Gasteiger partial charge in [0.2, 0.25) is 6.41 Å². The maximum absolute atomic E-state index is 13.0. The normalized spacial score (nSPS) is 23.5. The summed E-state index contributed by atoms with van der Waals surface area (Å²) in [6, 6.07) is 6.68. The number of hydrogen-bond donors (Lipinski definition) is 2. The number of rotatable bonds is 6. The van der Waals surface area contributed by atoms with Crippen LogP contribution in [0.2, 0.25) is 0 Å². The molecule has 1 amide bonds. The first-order valence-electron chi connectivity index (χ1n) is 7.01. The minimum Gasteiger partial charge on any atom is -0.359 e. The van der Waals surface area contributed by atoms with E-state index < -0.39 is 0 Å². The van der Waals surface area contributed by atoms with Crippen LogP contribution in [0.1, 0.15) is 18.9 Å². The van der Waals surface area contributed by atoms with E-state index in [1.54, 1.807) is 0 Å². The second kappa shape index (κ2) is 6.81. The molecule has 1 heterocycles. The minimum atomic E-state index is -0.202. The molecule has 0 radical (unpaired) electrons. The van der Waals surface area contributed by atoms with Crippen LogP contribution in [-0.4, -0.2) is 43.0 Å². The van der Waals surface area contributed by atoms with Gasteiger partial charge in [0.25, 0.3) is 0 Å². The van der Waals surface area contributed by atoms with Crippen molar-refractivity contribution in [3.05, 3.63) is 35.6 Å². The maximum Gasteiger partial charge on any atom is 0.207 e. The summed E-state index contributed by atoms with van der Waals surface area (Å²) in [5.41, 5.74) is 1.12. The molecule has 2 rings (SSSR count). The zero-order valence-corrected chi connectivity index (χ0v) is 11.9. The maximum atomic E-state index is 13.0. The monoisotopic (exact) mass is 279 g/mol. The van der Waals surface area contributed by atoms with E-state index in [1.165, 1.54) is 12.1 Å². The van der Waals surface area contributed by atoms with Crippen LogP contribution >= 0.6 is 0 Å². The molecule has 110 valence electrons. The Hall–Kier alpha value is -1.46. The summed E-state index contributed by atoms with van der Waals surface area (Å²) in [6.07, 6.45) is 1.63. The molecule has 1 unspecified atom stereocenters. The fraction of sp³-hybridized carbons (Fsp3) is 0.533. The predicted octanol–water partition coefficient (Wildman–Crippen LogP) is 1.13. The van der Waals surface area contributed by atoms with Crippen LogP contribution in [0.3, 0.4) is 0 Å². The van der Waals surface area contributed by atoms with Crippen LogP contribution in [0.25, 0.3) is 0 Å². The van der Waals surface area contributed by atoms with Crippen molar-refractivity contribution in [3.8, 4) is 0 Å². The number of benzene rings is 1. The Morgan fingerprint density at radius 1 is 1.45 bits per heavy atom. The summed E-state index contributed by atoms with van der Waals surface area (Å²) in [5.74, 6) is -0.202. The number of nitrogens with zero attached hydrogens (tertiary/aromatic N) is 1. The van der Waals surface area contributed by atoms with Crippen molar-refractivity contribution in [3.63, 3.8) is 0 Å². The van der Waals surface area contributed by atoms with Crippen molar-refractivity contribution in [2.24, 2.45) is 0 Å². The molecular weight excluding hydrogens is 257 g/mol. The Morgan fingerprint density at radius 2 is 2.20 bits per heavy atom. The van der Waals surface area contributed by atoms with E-state index >= 15 is 0 Å². The molecule has 5 heteroatoms. The summed E-state index contributed by atoms with van der Waals surface area (Å²) in [5, 5.41) is 6.14. The summed E-state index contributed by atoms with van der Waals surface area (Å²) < 4.78 is 13.0. The van der Waals surface area contributed by atoms with E-state index in [0.717, 1.165) is 44.6 Å². The van der Waals surface area contributed by atoms with E-state index in [2.05, 4.69) is 22.5 Å². The Kier molecular flexibility index (Phi) is 5.09. The number of carbonyl (C=O) groups is 1. The second-order valence-electron chi connectivity index (χ2n) is 5.54. The molecule has 1 aromatic rings. The summed E-state index contributed by atoms with van der Waals surface area (Å²) in [6.45, 7) is 6.48. The molecule has 1 aliphatic rings. The van der Waals surface area contributed by atoms with Crippen LogP contribution < -0.4 is 10.6 Å². The van der Waals surface area contributed by atoms with Gasteiger partial charge in [0.15, 0.2) is 0 Å².